The van der Waals surface area contributed by atoms with Crippen LogP contribution in [0.3, 0.4) is 0 Å². The van der Waals surface area contributed by atoms with Gasteiger partial charge in [-0.1, -0.05) is 12.1 Å². The third-order valence-corrected chi connectivity index (χ3v) is 4.46. The Balaban J connectivity index is 1.77. The van der Waals surface area contributed by atoms with Crippen molar-refractivity contribution >= 4 is 33.4 Å². The minimum atomic E-state index is -0.181. The summed E-state index contributed by atoms with van der Waals surface area (Å²) in [5, 5.41) is 0. The van der Waals surface area contributed by atoms with E-state index in [0.717, 1.165) is 29.7 Å². The van der Waals surface area contributed by atoms with E-state index in [2.05, 4.69) is 15.9 Å². The van der Waals surface area contributed by atoms with Crippen molar-refractivity contribution in [3.63, 3.8) is 0 Å². The number of hydrogen-bond acceptors (Lipinski definition) is 2. The van der Waals surface area contributed by atoms with Crippen LogP contribution in [0.1, 0.15) is 12.8 Å². The van der Waals surface area contributed by atoms with Crippen LogP contribution in [0.25, 0.3) is 0 Å². The van der Waals surface area contributed by atoms with Gasteiger partial charge in [0.25, 0.3) is 0 Å². The molecular weight excluding hydrogens is 308 g/mol. The summed E-state index contributed by atoms with van der Waals surface area (Å²) in [5.74, 6) is -0.0140. The van der Waals surface area contributed by atoms with E-state index in [0.29, 0.717) is 13.0 Å². The Labute approximate surface area is 120 Å². The van der Waals surface area contributed by atoms with Crippen molar-refractivity contribution in [2.24, 2.45) is 5.92 Å². The summed E-state index contributed by atoms with van der Waals surface area (Å²) in [6.07, 6.45) is 1.41. The van der Waals surface area contributed by atoms with Gasteiger partial charge in [-0.15, -0.1) is 0 Å². The van der Waals surface area contributed by atoms with Gasteiger partial charge in [0.15, 0.2) is 0 Å². The van der Waals surface area contributed by atoms with E-state index in [1.54, 1.807) is 4.90 Å². The molecule has 0 saturated carbocycles. The lowest BCUT2D eigenvalue weighted by molar-refractivity contribution is -0.139. The molecule has 2 aliphatic rings. The molecule has 5 heteroatoms. The van der Waals surface area contributed by atoms with Gasteiger partial charge in [-0.05, 0) is 34.5 Å². The minimum absolute atomic E-state index is 0.0331. The molecule has 2 heterocycles. The Morgan fingerprint density at radius 2 is 2.00 bits per heavy atom. The number of para-hydroxylation sites is 1. The van der Waals surface area contributed by atoms with Gasteiger partial charge in [0.1, 0.15) is 0 Å². The third kappa shape index (κ3) is 2.27. The average Bonchev–Trinajstić information content (AvgIpc) is 2.70. The summed E-state index contributed by atoms with van der Waals surface area (Å²) in [7, 11) is 0. The zero-order valence-corrected chi connectivity index (χ0v) is 12.1. The standard InChI is InChI=1S/C14H15BrN2O2/c15-11-4-1-2-5-12(11)17-9-10(8-13(17)18)14(19)16-6-3-7-16/h1-2,4-5,10H,3,6-9H2. The van der Waals surface area contributed by atoms with Crippen molar-refractivity contribution in [3.05, 3.63) is 28.7 Å². The zero-order valence-electron chi connectivity index (χ0n) is 10.5. The molecule has 2 fully saturated rings. The van der Waals surface area contributed by atoms with E-state index in [4.69, 9.17) is 0 Å². The molecule has 0 N–H and O–H groups in total. The highest BCUT2D eigenvalue weighted by Crippen LogP contribution is 2.32. The van der Waals surface area contributed by atoms with Crippen LogP contribution in [-0.2, 0) is 9.59 Å². The van der Waals surface area contributed by atoms with Gasteiger partial charge in [0.05, 0.1) is 11.6 Å². The largest absolute Gasteiger partial charge is 0.342 e. The number of rotatable bonds is 2. The van der Waals surface area contributed by atoms with Gasteiger partial charge in [0.2, 0.25) is 11.8 Å². The molecule has 0 bridgehead atoms. The fourth-order valence-corrected chi connectivity index (χ4v) is 3.07. The average molecular weight is 323 g/mol. The van der Waals surface area contributed by atoms with E-state index in [-0.39, 0.29) is 17.7 Å². The highest BCUT2D eigenvalue weighted by molar-refractivity contribution is 9.10. The highest BCUT2D eigenvalue weighted by Gasteiger charge is 2.38. The Kier molecular flexibility index (Phi) is 3.31. The van der Waals surface area contributed by atoms with Crippen molar-refractivity contribution in [1.82, 2.24) is 4.90 Å². The van der Waals surface area contributed by atoms with Gasteiger partial charge >= 0.3 is 0 Å². The first-order valence-corrected chi connectivity index (χ1v) is 7.30. The lowest BCUT2D eigenvalue weighted by Gasteiger charge is -2.33. The third-order valence-electron chi connectivity index (χ3n) is 3.79. The predicted molar refractivity (Wildman–Crippen MR) is 75.8 cm³/mol. The number of amides is 2. The molecule has 0 radical (unpaired) electrons. The van der Waals surface area contributed by atoms with E-state index in [1.165, 1.54) is 0 Å². The van der Waals surface area contributed by atoms with Crippen LogP contribution >= 0.6 is 15.9 Å². The quantitative estimate of drug-likeness (QED) is 0.836. The van der Waals surface area contributed by atoms with E-state index in [9.17, 15) is 9.59 Å². The summed E-state index contributed by atoms with van der Waals surface area (Å²) in [4.78, 5) is 27.8. The number of likely N-dealkylation sites (tertiary alicyclic amines) is 1. The number of nitrogens with zero attached hydrogens (tertiary/aromatic N) is 2. The topological polar surface area (TPSA) is 40.6 Å². The maximum atomic E-state index is 12.2. The maximum absolute atomic E-state index is 12.2. The Morgan fingerprint density at radius 3 is 2.63 bits per heavy atom. The van der Waals surface area contributed by atoms with Gasteiger partial charge < -0.3 is 9.80 Å². The normalized spacial score (nSPS) is 22.6. The zero-order chi connectivity index (χ0) is 13.4. The van der Waals surface area contributed by atoms with Crippen LogP contribution in [0.4, 0.5) is 5.69 Å². The van der Waals surface area contributed by atoms with Crippen LogP contribution in [0.5, 0.6) is 0 Å². The second-order valence-corrected chi connectivity index (χ2v) is 5.89. The molecule has 19 heavy (non-hydrogen) atoms. The first-order valence-electron chi connectivity index (χ1n) is 6.50. The van der Waals surface area contributed by atoms with Crippen LogP contribution < -0.4 is 4.90 Å². The van der Waals surface area contributed by atoms with Gasteiger partial charge in [-0.2, -0.15) is 0 Å². The lowest BCUT2D eigenvalue weighted by atomic mass is 10.0. The number of halogens is 1. The van der Waals surface area contributed by atoms with E-state index < -0.39 is 0 Å². The molecule has 100 valence electrons. The Bertz CT molecular complexity index is 528. The maximum Gasteiger partial charge on any atom is 0.228 e. The number of hydrogen-bond donors (Lipinski definition) is 0. The van der Waals surface area contributed by atoms with Crippen molar-refractivity contribution in [1.29, 1.82) is 0 Å². The molecule has 0 aromatic heterocycles. The molecule has 2 aliphatic heterocycles. The molecule has 1 atom stereocenters. The smallest absolute Gasteiger partial charge is 0.228 e. The summed E-state index contributed by atoms with van der Waals surface area (Å²) in [5.41, 5.74) is 0.853. The van der Waals surface area contributed by atoms with Gasteiger partial charge in [0, 0.05) is 30.5 Å². The monoisotopic (exact) mass is 322 g/mol. The number of carbonyl (C=O) groups is 2. The van der Waals surface area contributed by atoms with E-state index >= 15 is 0 Å². The van der Waals surface area contributed by atoms with Crippen molar-refractivity contribution in [2.75, 3.05) is 24.5 Å². The lowest BCUT2D eigenvalue weighted by Crippen LogP contribution is -2.45. The number of anilines is 1. The van der Waals surface area contributed by atoms with Crippen molar-refractivity contribution in [3.8, 4) is 0 Å². The summed E-state index contributed by atoms with van der Waals surface area (Å²) in [6.45, 7) is 2.19. The van der Waals surface area contributed by atoms with Crippen LogP contribution in [0.2, 0.25) is 0 Å². The van der Waals surface area contributed by atoms with Gasteiger partial charge in [-0.3, -0.25) is 9.59 Å². The molecule has 0 aliphatic carbocycles. The summed E-state index contributed by atoms with van der Waals surface area (Å²) >= 11 is 3.46. The van der Waals surface area contributed by atoms with Crippen molar-refractivity contribution < 1.29 is 9.59 Å². The fourth-order valence-electron chi connectivity index (χ4n) is 2.57. The Morgan fingerprint density at radius 1 is 1.26 bits per heavy atom. The SMILES string of the molecule is O=C(C1CC(=O)N(c2ccccc2Br)C1)N1CCC1. The number of benzene rings is 1. The molecule has 1 aromatic rings. The van der Waals surface area contributed by atoms with Crippen LogP contribution in [-0.4, -0.2) is 36.3 Å². The molecule has 2 amide bonds. The van der Waals surface area contributed by atoms with Crippen molar-refractivity contribution in [2.45, 2.75) is 12.8 Å². The Hall–Kier alpha value is -1.36. The molecule has 3 rings (SSSR count). The molecule has 1 aromatic carbocycles. The summed E-state index contributed by atoms with van der Waals surface area (Å²) in [6, 6.07) is 7.63. The second-order valence-electron chi connectivity index (χ2n) is 5.04. The fraction of sp³-hybridized carbons (Fsp3) is 0.429. The number of carbonyl (C=O) groups excluding carboxylic acids is 2. The predicted octanol–water partition coefficient (Wildman–Crippen LogP) is 2.03. The first kappa shape index (κ1) is 12.7. The van der Waals surface area contributed by atoms with Gasteiger partial charge in [-0.25, -0.2) is 0 Å². The highest BCUT2D eigenvalue weighted by atomic mass is 79.9. The molecular formula is C14H15BrN2O2. The molecule has 0 spiro atoms. The summed E-state index contributed by atoms with van der Waals surface area (Å²) < 4.78 is 0.889. The molecule has 2 saturated heterocycles. The van der Waals surface area contributed by atoms with E-state index in [1.807, 2.05) is 29.2 Å². The molecule has 4 nitrogen and oxygen atoms in total. The minimum Gasteiger partial charge on any atom is -0.342 e. The van der Waals surface area contributed by atoms with Crippen LogP contribution in [0, 0.1) is 5.92 Å². The second kappa shape index (κ2) is 4.96. The molecule has 1 unspecified atom stereocenters. The first-order chi connectivity index (χ1) is 9.16. The van der Waals surface area contributed by atoms with Crippen LogP contribution in [0.15, 0.2) is 28.7 Å².